The molecule has 172 valence electrons. The molecule has 0 fully saturated rings. The number of unbranched alkanes of at least 4 members (excludes halogenated alkanes) is 1. The molecule has 0 unspecified atom stereocenters. The first kappa shape index (κ1) is 25.1. The highest BCUT2D eigenvalue weighted by Gasteiger charge is 2.22. The van der Waals surface area contributed by atoms with Gasteiger partial charge in [-0.15, -0.1) is 0 Å². The van der Waals surface area contributed by atoms with Crippen LogP contribution in [0.4, 0.5) is 0 Å². The maximum Gasteiger partial charge on any atom is 0.235 e. The summed E-state index contributed by atoms with van der Waals surface area (Å²) >= 11 is 0. The third-order valence-electron chi connectivity index (χ3n) is 5.15. The summed E-state index contributed by atoms with van der Waals surface area (Å²) in [5.41, 5.74) is 2.25. The van der Waals surface area contributed by atoms with Crippen molar-refractivity contribution >= 4 is 15.7 Å². The summed E-state index contributed by atoms with van der Waals surface area (Å²) in [5.74, 6) is -0.507. The standard InChI is InChI=1S/C23H35N3O4S/c1-5-7-14-26(6-2)15-8-13-24-22(27)17-31(28,29)16-21-19(4)30-23(25-21)20-11-9-18(3)10-12-20/h9-12H,5-8,13-17H2,1-4H3,(H,24,27). The van der Waals surface area contributed by atoms with Crippen LogP contribution >= 0.6 is 0 Å². The van der Waals surface area contributed by atoms with Crippen molar-refractivity contribution in [1.29, 1.82) is 0 Å². The number of aryl methyl sites for hydroxylation is 2. The van der Waals surface area contributed by atoms with Crippen LogP contribution in [0.15, 0.2) is 28.7 Å². The maximum absolute atomic E-state index is 12.5. The van der Waals surface area contributed by atoms with Gasteiger partial charge in [-0.25, -0.2) is 13.4 Å². The zero-order chi connectivity index (χ0) is 22.9. The van der Waals surface area contributed by atoms with Gasteiger partial charge in [-0.3, -0.25) is 4.79 Å². The molecule has 0 saturated carbocycles. The van der Waals surface area contributed by atoms with E-state index in [0.717, 1.165) is 50.0 Å². The van der Waals surface area contributed by atoms with Crippen LogP contribution in [0.25, 0.3) is 11.5 Å². The van der Waals surface area contributed by atoms with E-state index in [0.29, 0.717) is 23.9 Å². The number of aromatic nitrogens is 1. The quantitative estimate of drug-likeness (QED) is 0.471. The van der Waals surface area contributed by atoms with E-state index in [4.69, 9.17) is 4.42 Å². The van der Waals surface area contributed by atoms with Gasteiger partial charge >= 0.3 is 0 Å². The van der Waals surface area contributed by atoms with E-state index in [9.17, 15) is 13.2 Å². The van der Waals surface area contributed by atoms with Crippen LogP contribution in [-0.4, -0.2) is 56.1 Å². The molecule has 0 aliphatic rings. The average Bonchev–Trinajstić information content (AvgIpc) is 3.07. The Morgan fingerprint density at radius 1 is 1.10 bits per heavy atom. The van der Waals surface area contributed by atoms with Crippen molar-refractivity contribution < 1.29 is 17.6 Å². The third-order valence-corrected chi connectivity index (χ3v) is 6.56. The zero-order valence-corrected chi connectivity index (χ0v) is 19.9. The van der Waals surface area contributed by atoms with Crippen LogP contribution in [0.5, 0.6) is 0 Å². The van der Waals surface area contributed by atoms with Crippen molar-refractivity contribution in [3.63, 3.8) is 0 Å². The molecule has 0 aliphatic heterocycles. The van der Waals surface area contributed by atoms with Gasteiger partial charge in [0.1, 0.15) is 11.5 Å². The molecule has 2 rings (SSSR count). The highest BCUT2D eigenvalue weighted by Crippen LogP contribution is 2.23. The van der Waals surface area contributed by atoms with Crippen molar-refractivity contribution in [1.82, 2.24) is 15.2 Å². The van der Waals surface area contributed by atoms with Crippen LogP contribution in [0.3, 0.4) is 0 Å². The second kappa shape index (κ2) is 12.0. The highest BCUT2D eigenvalue weighted by molar-refractivity contribution is 7.91. The lowest BCUT2D eigenvalue weighted by molar-refractivity contribution is -0.118. The normalized spacial score (nSPS) is 11.8. The number of hydrogen-bond acceptors (Lipinski definition) is 6. The zero-order valence-electron chi connectivity index (χ0n) is 19.1. The minimum atomic E-state index is -3.65. The molecule has 1 N–H and O–H groups in total. The minimum absolute atomic E-state index is 0.317. The second-order valence-electron chi connectivity index (χ2n) is 7.91. The van der Waals surface area contributed by atoms with Gasteiger partial charge in [0.25, 0.3) is 0 Å². The van der Waals surface area contributed by atoms with E-state index in [2.05, 4.69) is 29.0 Å². The van der Waals surface area contributed by atoms with Crippen molar-refractivity contribution in [2.75, 3.05) is 31.9 Å². The average molecular weight is 450 g/mol. The Morgan fingerprint density at radius 2 is 1.77 bits per heavy atom. The minimum Gasteiger partial charge on any atom is -0.441 e. The summed E-state index contributed by atoms with van der Waals surface area (Å²) in [5, 5.41) is 2.72. The highest BCUT2D eigenvalue weighted by atomic mass is 32.2. The molecule has 0 radical (unpaired) electrons. The molecule has 7 nitrogen and oxygen atoms in total. The Bertz CT molecular complexity index is 936. The number of oxazole rings is 1. The van der Waals surface area contributed by atoms with E-state index in [1.807, 2.05) is 31.2 Å². The fourth-order valence-electron chi connectivity index (χ4n) is 3.23. The molecule has 1 heterocycles. The van der Waals surface area contributed by atoms with E-state index in [-0.39, 0.29) is 5.75 Å². The van der Waals surface area contributed by atoms with Gasteiger partial charge in [0.05, 0.1) is 11.4 Å². The number of amides is 1. The molecule has 0 atom stereocenters. The second-order valence-corrected chi connectivity index (χ2v) is 9.98. The lowest BCUT2D eigenvalue weighted by Gasteiger charge is -2.19. The van der Waals surface area contributed by atoms with Crippen LogP contribution < -0.4 is 5.32 Å². The van der Waals surface area contributed by atoms with Crippen LogP contribution in [0.2, 0.25) is 0 Å². The van der Waals surface area contributed by atoms with Crippen molar-refractivity contribution in [3.8, 4) is 11.5 Å². The van der Waals surface area contributed by atoms with E-state index in [1.54, 1.807) is 6.92 Å². The third kappa shape index (κ3) is 8.45. The number of carbonyl (C=O) groups excluding carboxylic acids is 1. The van der Waals surface area contributed by atoms with Gasteiger partial charge in [0, 0.05) is 12.1 Å². The van der Waals surface area contributed by atoms with Crippen molar-refractivity contribution in [2.45, 2.75) is 52.7 Å². The number of nitrogens with zero attached hydrogens (tertiary/aromatic N) is 2. The van der Waals surface area contributed by atoms with Gasteiger partial charge in [0.2, 0.25) is 11.8 Å². The molecule has 0 bridgehead atoms. The number of carbonyl (C=O) groups is 1. The Hall–Kier alpha value is -2.19. The summed E-state index contributed by atoms with van der Waals surface area (Å²) in [6.07, 6.45) is 3.11. The van der Waals surface area contributed by atoms with Gasteiger partial charge in [-0.1, -0.05) is 38.0 Å². The Kier molecular flexibility index (Phi) is 9.71. The number of rotatable bonds is 13. The first-order chi connectivity index (χ1) is 14.7. The molecule has 1 aromatic carbocycles. The van der Waals surface area contributed by atoms with E-state index in [1.165, 1.54) is 0 Å². The first-order valence-electron chi connectivity index (χ1n) is 11.0. The molecule has 0 aliphatic carbocycles. The Balaban J connectivity index is 1.84. The number of nitrogens with one attached hydrogen (secondary N) is 1. The van der Waals surface area contributed by atoms with E-state index < -0.39 is 21.5 Å². The van der Waals surface area contributed by atoms with Gasteiger partial charge in [-0.2, -0.15) is 0 Å². The van der Waals surface area contributed by atoms with Crippen LogP contribution in [-0.2, 0) is 20.4 Å². The molecule has 1 aromatic heterocycles. The fourth-order valence-corrected chi connectivity index (χ4v) is 4.52. The lowest BCUT2D eigenvalue weighted by Crippen LogP contribution is -2.34. The summed E-state index contributed by atoms with van der Waals surface area (Å²) in [4.78, 5) is 18.8. The predicted molar refractivity (Wildman–Crippen MR) is 124 cm³/mol. The first-order valence-corrected chi connectivity index (χ1v) is 12.8. The van der Waals surface area contributed by atoms with Gasteiger partial charge < -0.3 is 14.6 Å². The molecule has 1 amide bonds. The smallest absolute Gasteiger partial charge is 0.235 e. The monoisotopic (exact) mass is 449 g/mol. The largest absolute Gasteiger partial charge is 0.441 e. The summed E-state index contributed by atoms with van der Waals surface area (Å²) in [7, 11) is -3.65. The number of benzene rings is 1. The number of hydrogen-bond donors (Lipinski definition) is 1. The topological polar surface area (TPSA) is 92.5 Å². The molecule has 31 heavy (non-hydrogen) atoms. The molecule has 8 heteroatoms. The molecule has 0 spiro atoms. The summed E-state index contributed by atoms with van der Waals surface area (Å²) in [6.45, 7) is 11.4. The lowest BCUT2D eigenvalue weighted by atomic mass is 10.1. The van der Waals surface area contributed by atoms with Crippen LogP contribution in [0, 0.1) is 13.8 Å². The van der Waals surface area contributed by atoms with Gasteiger partial charge in [-0.05, 0) is 58.5 Å². The molecule has 2 aromatic rings. The Labute approximate surface area is 186 Å². The van der Waals surface area contributed by atoms with Gasteiger partial charge in [0.15, 0.2) is 9.84 Å². The van der Waals surface area contributed by atoms with Crippen molar-refractivity contribution in [2.24, 2.45) is 0 Å². The van der Waals surface area contributed by atoms with Crippen LogP contribution in [0.1, 0.15) is 50.1 Å². The number of sulfone groups is 1. The van der Waals surface area contributed by atoms with E-state index >= 15 is 0 Å². The fraction of sp³-hybridized carbons (Fsp3) is 0.565. The molecular formula is C23H35N3O4S. The Morgan fingerprint density at radius 3 is 2.42 bits per heavy atom. The summed E-state index contributed by atoms with van der Waals surface area (Å²) in [6, 6.07) is 7.65. The SMILES string of the molecule is CCCCN(CC)CCCNC(=O)CS(=O)(=O)Cc1nc(-c2ccc(C)cc2)oc1C. The molecular weight excluding hydrogens is 414 g/mol. The van der Waals surface area contributed by atoms with Crippen molar-refractivity contribution in [3.05, 3.63) is 41.3 Å². The molecule has 0 saturated heterocycles. The summed E-state index contributed by atoms with van der Waals surface area (Å²) < 4.78 is 30.7. The maximum atomic E-state index is 12.5. The predicted octanol–water partition coefficient (Wildman–Crippen LogP) is 3.50.